The van der Waals surface area contributed by atoms with Gasteiger partial charge in [0.1, 0.15) is 29.1 Å². The van der Waals surface area contributed by atoms with E-state index >= 15 is 0 Å². The number of rotatable bonds is 6. The minimum Gasteiger partial charge on any atom is -0.459 e. The number of pyridine rings is 1. The topological polar surface area (TPSA) is 95.5 Å². The fraction of sp³-hybridized carbons (Fsp3) is 0.321. The number of carbonyl (C=O) groups excluding carboxylic acids is 1. The van der Waals surface area contributed by atoms with Gasteiger partial charge in [-0.25, -0.2) is 14.2 Å². The second-order valence-electron chi connectivity index (χ2n) is 9.91. The summed E-state index contributed by atoms with van der Waals surface area (Å²) in [5, 5.41) is 7.53. The molecule has 0 aliphatic carbocycles. The van der Waals surface area contributed by atoms with Crippen molar-refractivity contribution in [2.75, 3.05) is 31.1 Å². The van der Waals surface area contributed by atoms with Crippen molar-refractivity contribution in [3.63, 3.8) is 0 Å². The number of hydrogen-bond donors (Lipinski definition) is 2. The average Bonchev–Trinajstić information content (AvgIpc) is 2.85. The predicted octanol–water partition coefficient (Wildman–Crippen LogP) is 4.38. The van der Waals surface area contributed by atoms with E-state index < -0.39 is 11.6 Å². The Hall–Kier alpha value is -3.78. The van der Waals surface area contributed by atoms with E-state index in [4.69, 9.17) is 15.9 Å². The highest BCUT2D eigenvalue weighted by Crippen LogP contribution is 2.28. The third kappa shape index (κ3) is 6.07. The van der Waals surface area contributed by atoms with Crippen molar-refractivity contribution >= 4 is 17.6 Å². The number of hydrogen-bond acceptors (Lipinski definition) is 6. The number of nitrogen functional groups attached to an aromatic ring is 1. The van der Waals surface area contributed by atoms with Crippen LogP contribution in [0.3, 0.4) is 0 Å². The molecule has 2 heterocycles. The van der Waals surface area contributed by atoms with Gasteiger partial charge in [0.15, 0.2) is 0 Å². The smallest absolute Gasteiger partial charge is 0.328 e. The number of amidine groups is 1. The zero-order valence-electron chi connectivity index (χ0n) is 20.9. The van der Waals surface area contributed by atoms with Crippen molar-refractivity contribution in [1.29, 1.82) is 5.41 Å². The largest absolute Gasteiger partial charge is 0.459 e. The van der Waals surface area contributed by atoms with Gasteiger partial charge in [0.25, 0.3) is 0 Å². The van der Waals surface area contributed by atoms with Crippen molar-refractivity contribution < 1.29 is 13.9 Å². The van der Waals surface area contributed by atoms with Gasteiger partial charge in [0.05, 0.1) is 0 Å². The molecule has 3 N–H and O–H groups in total. The van der Waals surface area contributed by atoms with E-state index in [2.05, 4.69) is 14.8 Å². The molecule has 8 heteroatoms. The summed E-state index contributed by atoms with van der Waals surface area (Å²) in [6, 6.07) is 17.0. The van der Waals surface area contributed by atoms with Crippen molar-refractivity contribution in [1.82, 2.24) is 9.88 Å². The molecule has 1 aromatic heterocycles. The fourth-order valence-corrected chi connectivity index (χ4v) is 4.29. The Balaban J connectivity index is 1.45. The summed E-state index contributed by atoms with van der Waals surface area (Å²) in [5.74, 6) is 0.244. The van der Waals surface area contributed by atoms with E-state index in [0.29, 0.717) is 31.7 Å². The Bertz CT molecular complexity index is 1200. The van der Waals surface area contributed by atoms with E-state index in [9.17, 15) is 9.18 Å². The molecule has 0 amide bonds. The number of nitrogens with one attached hydrogen (secondary N) is 1. The molecular formula is C28H32FN5O2. The Morgan fingerprint density at radius 2 is 1.58 bits per heavy atom. The number of ether oxygens (including phenoxy) is 1. The van der Waals surface area contributed by atoms with Crippen LogP contribution < -0.4 is 10.6 Å². The quantitative estimate of drug-likeness (QED) is 0.303. The maximum absolute atomic E-state index is 13.5. The number of halogens is 1. The van der Waals surface area contributed by atoms with E-state index in [0.717, 1.165) is 22.5 Å². The molecule has 1 fully saturated rings. The predicted molar refractivity (Wildman–Crippen MR) is 139 cm³/mol. The van der Waals surface area contributed by atoms with Gasteiger partial charge in [0.2, 0.25) is 0 Å². The number of anilines is 1. The van der Waals surface area contributed by atoms with Crippen LogP contribution in [-0.2, 0) is 9.53 Å². The van der Waals surface area contributed by atoms with Gasteiger partial charge in [-0.2, -0.15) is 0 Å². The molecule has 36 heavy (non-hydrogen) atoms. The van der Waals surface area contributed by atoms with E-state index in [1.165, 1.54) is 12.1 Å². The van der Waals surface area contributed by atoms with Crippen LogP contribution in [0, 0.1) is 11.2 Å². The minimum absolute atomic E-state index is 0.0440. The van der Waals surface area contributed by atoms with Gasteiger partial charge in [-0.3, -0.25) is 10.3 Å². The van der Waals surface area contributed by atoms with Crippen LogP contribution >= 0.6 is 0 Å². The lowest BCUT2D eigenvalue weighted by Crippen LogP contribution is -2.50. The van der Waals surface area contributed by atoms with Crippen LogP contribution in [0.25, 0.3) is 11.1 Å². The highest BCUT2D eigenvalue weighted by atomic mass is 19.1. The van der Waals surface area contributed by atoms with Crippen LogP contribution in [0.4, 0.5) is 10.2 Å². The number of nitrogens with zero attached hydrogens (tertiary/aromatic N) is 3. The lowest BCUT2D eigenvalue weighted by Gasteiger charge is -2.39. The number of piperazine rings is 1. The van der Waals surface area contributed by atoms with Crippen molar-refractivity contribution in [3.8, 4) is 11.1 Å². The number of nitrogens with two attached hydrogens (primary N) is 1. The summed E-state index contributed by atoms with van der Waals surface area (Å²) in [4.78, 5) is 22.1. The Labute approximate surface area is 211 Å². The molecule has 1 unspecified atom stereocenters. The highest BCUT2D eigenvalue weighted by molar-refractivity contribution is 5.95. The average molecular weight is 490 g/mol. The zero-order valence-corrected chi connectivity index (χ0v) is 20.9. The molecule has 2 aromatic carbocycles. The number of carbonyl (C=O) groups is 1. The Kier molecular flexibility index (Phi) is 7.35. The standard InChI is InChI=1S/C28H32FN5O2/c1-28(2,3)36-27(35)25(20-8-11-23(29)12-9-20)34-16-14-33(15-17-34)24-13-10-22(18-32-24)19-4-6-21(7-5-19)26(30)31/h4-13,18,25H,14-17H2,1-3H3,(H3,30,31). The lowest BCUT2D eigenvalue weighted by molar-refractivity contribution is -0.162. The fourth-order valence-electron chi connectivity index (χ4n) is 4.29. The first-order valence-electron chi connectivity index (χ1n) is 12.0. The highest BCUT2D eigenvalue weighted by Gasteiger charge is 2.34. The number of aromatic nitrogens is 1. The second-order valence-corrected chi connectivity index (χ2v) is 9.91. The summed E-state index contributed by atoms with van der Waals surface area (Å²) >= 11 is 0. The van der Waals surface area contributed by atoms with Crippen molar-refractivity contribution in [2.45, 2.75) is 32.4 Å². The van der Waals surface area contributed by atoms with Gasteiger partial charge in [-0.15, -0.1) is 0 Å². The first kappa shape index (κ1) is 25.3. The third-order valence-corrected chi connectivity index (χ3v) is 6.10. The third-order valence-electron chi connectivity index (χ3n) is 6.10. The molecule has 4 rings (SSSR count). The van der Waals surface area contributed by atoms with Gasteiger partial charge in [0, 0.05) is 43.5 Å². The molecule has 0 spiro atoms. The Morgan fingerprint density at radius 1 is 0.972 bits per heavy atom. The van der Waals surface area contributed by atoms with Gasteiger partial charge in [-0.1, -0.05) is 36.4 Å². The second kappa shape index (κ2) is 10.5. The summed E-state index contributed by atoms with van der Waals surface area (Å²) in [6.45, 7) is 8.20. The minimum atomic E-state index is -0.616. The zero-order chi connectivity index (χ0) is 25.9. The van der Waals surface area contributed by atoms with Crippen LogP contribution in [0.2, 0.25) is 0 Å². The normalized spacial score (nSPS) is 15.4. The molecular weight excluding hydrogens is 457 g/mol. The van der Waals surface area contributed by atoms with Gasteiger partial charge < -0.3 is 15.4 Å². The number of esters is 1. The van der Waals surface area contributed by atoms with Crippen molar-refractivity contribution in [2.24, 2.45) is 5.73 Å². The molecule has 1 atom stereocenters. The Morgan fingerprint density at radius 3 is 2.11 bits per heavy atom. The maximum atomic E-state index is 13.5. The molecule has 7 nitrogen and oxygen atoms in total. The molecule has 0 radical (unpaired) electrons. The van der Waals surface area contributed by atoms with Gasteiger partial charge in [-0.05, 0) is 56.2 Å². The molecule has 1 saturated heterocycles. The van der Waals surface area contributed by atoms with E-state index in [1.54, 1.807) is 12.1 Å². The first-order valence-corrected chi connectivity index (χ1v) is 12.0. The van der Waals surface area contributed by atoms with Crippen LogP contribution in [0.1, 0.15) is 37.9 Å². The number of benzene rings is 2. The van der Waals surface area contributed by atoms with Gasteiger partial charge >= 0.3 is 5.97 Å². The first-order chi connectivity index (χ1) is 17.1. The summed E-state index contributed by atoms with van der Waals surface area (Å²) in [6.07, 6.45) is 1.84. The monoisotopic (exact) mass is 489 g/mol. The van der Waals surface area contributed by atoms with E-state index in [-0.39, 0.29) is 17.6 Å². The van der Waals surface area contributed by atoms with Crippen LogP contribution in [0.15, 0.2) is 66.9 Å². The van der Waals surface area contributed by atoms with Crippen molar-refractivity contribution in [3.05, 3.63) is 83.8 Å². The SMILES string of the molecule is CC(C)(C)OC(=O)C(c1ccc(F)cc1)N1CCN(c2ccc(-c3ccc(C(=N)N)cc3)cn2)CC1. The van der Waals surface area contributed by atoms with Crippen LogP contribution in [-0.4, -0.2) is 53.5 Å². The molecule has 1 aliphatic rings. The molecule has 0 bridgehead atoms. The molecule has 0 saturated carbocycles. The van der Waals surface area contributed by atoms with Crippen LogP contribution in [0.5, 0.6) is 0 Å². The summed E-state index contributed by atoms with van der Waals surface area (Å²) < 4.78 is 19.2. The lowest BCUT2D eigenvalue weighted by atomic mass is 10.0. The van der Waals surface area contributed by atoms with E-state index in [1.807, 2.05) is 63.4 Å². The molecule has 1 aliphatic heterocycles. The summed E-state index contributed by atoms with van der Waals surface area (Å²) in [7, 11) is 0. The maximum Gasteiger partial charge on any atom is 0.328 e. The molecule has 3 aromatic rings. The molecule has 188 valence electrons. The summed E-state index contributed by atoms with van der Waals surface area (Å²) in [5.41, 5.74) is 8.31.